The maximum absolute atomic E-state index is 15.5. The molecule has 5 atom stereocenters. The number of benzene rings is 4. The first-order valence-electron chi connectivity index (χ1n) is 24.1. The maximum Gasteiger partial charge on any atom is 0.417 e. The molecular weight excluding hydrogens is 875 g/mol. The molecule has 66 heavy (non-hydrogen) atoms. The number of rotatable bonds is 23. The molecule has 0 bridgehead atoms. The number of cyclic esters (lactones) is 1. The molecule has 4 aromatic carbocycles. The summed E-state index contributed by atoms with van der Waals surface area (Å²) < 4.78 is 40.7. The minimum absolute atomic E-state index is 0.0985. The van der Waals surface area contributed by atoms with E-state index in [-0.39, 0.29) is 35.3 Å². The van der Waals surface area contributed by atoms with Gasteiger partial charge in [-0.3, -0.25) is 4.79 Å². The van der Waals surface area contributed by atoms with Gasteiger partial charge >= 0.3 is 6.09 Å². The van der Waals surface area contributed by atoms with Crippen molar-refractivity contribution in [3.63, 3.8) is 0 Å². The number of methoxy groups -OCH3 is 1. The number of ether oxygens (including phenoxy) is 3. The van der Waals surface area contributed by atoms with Crippen molar-refractivity contribution < 1.29 is 37.1 Å². The lowest BCUT2D eigenvalue weighted by molar-refractivity contribution is -0.153. The normalized spacial score (nSPS) is 17.0. The second-order valence-corrected chi connectivity index (χ2v) is 34.5. The number of hydrogen-bond donors (Lipinski definition) is 0. The van der Waals surface area contributed by atoms with Gasteiger partial charge in [0.15, 0.2) is 22.7 Å². The van der Waals surface area contributed by atoms with Crippen LogP contribution in [0.4, 0.5) is 4.79 Å². The fraction of sp³-hybridized carbons (Fsp3) is 0.519. The Morgan fingerprint density at radius 2 is 1.27 bits per heavy atom. The Balaban J connectivity index is 1.62. The van der Waals surface area contributed by atoms with Gasteiger partial charge in [0.05, 0.1) is 38.6 Å². The number of hydrogen-bond acceptors (Lipinski definition) is 8. The lowest BCUT2D eigenvalue weighted by atomic mass is 9.92. The van der Waals surface area contributed by atoms with E-state index in [2.05, 4.69) is 143 Å². The first-order valence-corrected chi connectivity index (χ1v) is 31.5. The molecule has 360 valence electrons. The number of carbonyl (C=O) groups is 2. The molecule has 0 aromatic heterocycles. The van der Waals surface area contributed by atoms with Gasteiger partial charge in [0.2, 0.25) is 0 Å². The fourth-order valence-electron chi connectivity index (χ4n) is 9.14. The van der Waals surface area contributed by atoms with Gasteiger partial charge in [-0.15, -0.1) is 0 Å². The molecule has 0 unspecified atom stereocenters. The van der Waals surface area contributed by atoms with E-state index in [4.69, 9.17) is 27.5 Å². The second kappa shape index (κ2) is 22.9. The standard InChI is InChI=1S/C54H79NO8Si3/c1-14-65(15-2,16-3)62-46(40-61-66(54(8,9)10,47-28-22-18-23-29-47)48-30-24-19-25-31-48)36-41(4)49(63-64(12,13)53(5,6)7)50(59-38-43-32-34-45(58-11)35-33-43)51(56)55-44(39-60-52(55)57)37-42-26-20-17-21-27-42/h17-35,41,44,46,49-50H,14-16,36-40H2,1-13H3/t41-,44-,46-,49+,50-/m1/s1. The molecule has 1 heterocycles. The van der Waals surface area contributed by atoms with E-state index in [1.807, 2.05) is 54.6 Å². The van der Waals surface area contributed by atoms with Gasteiger partial charge in [-0.1, -0.05) is 172 Å². The maximum atomic E-state index is 15.5. The van der Waals surface area contributed by atoms with Crippen molar-refractivity contribution in [1.29, 1.82) is 0 Å². The summed E-state index contributed by atoms with van der Waals surface area (Å²) in [6, 6.07) is 41.4. The topological polar surface area (TPSA) is 92.8 Å². The molecule has 0 aliphatic carbocycles. The van der Waals surface area contributed by atoms with E-state index in [0.29, 0.717) is 19.4 Å². The second-order valence-electron chi connectivity index (χ2n) is 20.7. The van der Waals surface area contributed by atoms with E-state index in [0.717, 1.165) is 35.0 Å². The smallest absolute Gasteiger partial charge is 0.417 e. The quantitative estimate of drug-likeness (QED) is 0.0679. The highest BCUT2D eigenvalue weighted by Gasteiger charge is 2.52. The molecule has 5 rings (SSSR count). The highest BCUT2D eigenvalue weighted by atomic mass is 28.4. The number of carbonyl (C=O) groups excluding carboxylic acids is 2. The summed E-state index contributed by atoms with van der Waals surface area (Å²) in [6.45, 7) is 27.5. The molecule has 1 fully saturated rings. The summed E-state index contributed by atoms with van der Waals surface area (Å²) >= 11 is 0. The van der Waals surface area contributed by atoms with Crippen molar-refractivity contribution >= 4 is 47.3 Å². The van der Waals surface area contributed by atoms with Gasteiger partial charge in [-0.25, -0.2) is 9.69 Å². The Morgan fingerprint density at radius 3 is 1.76 bits per heavy atom. The number of nitrogens with zero attached hydrogens (tertiary/aromatic N) is 1. The highest BCUT2D eigenvalue weighted by molar-refractivity contribution is 6.99. The van der Waals surface area contributed by atoms with Gasteiger partial charge < -0.3 is 27.5 Å². The van der Waals surface area contributed by atoms with Gasteiger partial charge in [0.25, 0.3) is 14.2 Å². The third-order valence-electron chi connectivity index (χ3n) is 14.3. The molecule has 1 aliphatic rings. The Kier molecular flexibility index (Phi) is 18.4. The highest BCUT2D eigenvalue weighted by Crippen LogP contribution is 2.41. The van der Waals surface area contributed by atoms with E-state index < -0.39 is 55.2 Å². The van der Waals surface area contributed by atoms with Crippen LogP contribution in [0.15, 0.2) is 115 Å². The fourth-order valence-corrected chi connectivity index (χ4v) is 18.0. The van der Waals surface area contributed by atoms with Crippen molar-refractivity contribution in [3.05, 3.63) is 126 Å². The Labute approximate surface area is 400 Å². The summed E-state index contributed by atoms with van der Waals surface area (Å²) in [5.41, 5.74) is 1.87. The largest absolute Gasteiger partial charge is 0.497 e. The summed E-state index contributed by atoms with van der Waals surface area (Å²) in [7, 11) is -6.16. The van der Waals surface area contributed by atoms with E-state index >= 15 is 4.79 Å². The molecule has 0 spiro atoms. The first-order chi connectivity index (χ1) is 31.2. The molecule has 2 amide bonds. The van der Waals surface area contributed by atoms with Crippen LogP contribution >= 0.6 is 0 Å². The summed E-state index contributed by atoms with van der Waals surface area (Å²) in [6.07, 6.45) is -1.88. The SMILES string of the molecule is CC[Si](CC)(CC)O[C@@H](CO[Si](c1ccccc1)(c1ccccc1)C(C)(C)C)C[C@@H](C)[C@H](O[Si](C)(C)C(C)(C)C)[C@@H](OCc1ccc(OC)cc1)C(=O)N1C(=O)OC[C@H]1Cc1ccccc1. The van der Waals surface area contributed by atoms with Crippen molar-refractivity contribution in [3.8, 4) is 5.75 Å². The predicted octanol–water partition coefficient (Wildman–Crippen LogP) is 11.6. The molecule has 12 heteroatoms. The number of imide groups is 1. The lowest BCUT2D eigenvalue weighted by Gasteiger charge is -2.46. The van der Waals surface area contributed by atoms with Crippen LogP contribution in [0.25, 0.3) is 0 Å². The third kappa shape index (κ3) is 12.6. The zero-order valence-electron chi connectivity index (χ0n) is 42.2. The minimum atomic E-state index is -2.96. The monoisotopic (exact) mass is 954 g/mol. The zero-order chi connectivity index (χ0) is 48.3. The van der Waals surface area contributed by atoms with E-state index in [1.165, 1.54) is 15.3 Å². The van der Waals surface area contributed by atoms with Gasteiger partial charge in [0, 0.05) is 0 Å². The van der Waals surface area contributed by atoms with Crippen LogP contribution in [0.5, 0.6) is 5.75 Å². The van der Waals surface area contributed by atoms with Crippen LogP contribution in [0.2, 0.25) is 41.3 Å². The molecule has 4 aromatic rings. The van der Waals surface area contributed by atoms with Crippen LogP contribution in [0.3, 0.4) is 0 Å². The Morgan fingerprint density at radius 1 is 0.742 bits per heavy atom. The molecule has 1 saturated heterocycles. The average Bonchev–Trinajstić information content (AvgIpc) is 3.66. The van der Waals surface area contributed by atoms with Gasteiger partial charge in [0.1, 0.15) is 12.4 Å². The summed E-state index contributed by atoms with van der Waals surface area (Å²) in [5, 5.41) is 1.98. The molecular formula is C54H79NO8Si3. The predicted molar refractivity (Wildman–Crippen MR) is 275 cm³/mol. The average molecular weight is 954 g/mol. The third-order valence-corrected chi connectivity index (χ3v) is 28.5. The van der Waals surface area contributed by atoms with Crippen LogP contribution < -0.4 is 15.1 Å². The van der Waals surface area contributed by atoms with Crippen LogP contribution in [-0.2, 0) is 40.6 Å². The molecule has 1 aliphatic heterocycles. The van der Waals surface area contributed by atoms with Crippen molar-refractivity contribution in [2.75, 3.05) is 20.3 Å². The molecule has 0 N–H and O–H groups in total. The van der Waals surface area contributed by atoms with Crippen molar-refractivity contribution in [2.45, 2.75) is 154 Å². The lowest BCUT2D eigenvalue weighted by Crippen LogP contribution is -2.67. The molecule has 0 radical (unpaired) electrons. The minimum Gasteiger partial charge on any atom is -0.497 e. The number of amides is 2. The summed E-state index contributed by atoms with van der Waals surface area (Å²) in [5.74, 6) is -0.0111. The van der Waals surface area contributed by atoms with Crippen molar-refractivity contribution in [2.24, 2.45) is 5.92 Å². The van der Waals surface area contributed by atoms with E-state index in [9.17, 15) is 4.79 Å². The molecule has 9 nitrogen and oxygen atoms in total. The van der Waals surface area contributed by atoms with Crippen molar-refractivity contribution in [1.82, 2.24) is 4.90 Å². The van der Waals surface area contributed by atoms with Gasteiger partial charge in [-0.2, -0.15) is 0 Å². The zero-order valence-corrected chi connectivity index (χ0v) is 45.2. The Hall–Kier alpha value is -3.89. The molecule has 0 saturated carbocycles. The summed E-state index contributed by atoms with van der Waals surface area (Å²) in [4.78, 5) is 30.5. The first kappa shape index (κ1) is 53.1. The van der Waals surface area contributed by atoms with Crippen LogP contribution in [0.1, 0.15) is 86.8 Å². The van der Waals surface area contributed by atoms with Crippen LogP contribution in [-0.4, -0.2) is 86.5 Å². The van der Waals surface area contributed by atoms with E-state index in [1.54, 1.807) is 7.11 Å². The Bertz CT molecular complexity index is 2060. The van der Waals surface area contributed by atoms with Crippen LogP contribution in [0, 0.1) is 5.92 Å². The van der Waals surface area contributed by atoms with Gasteiger partial charge in [-0.05, 0) is 93.7 Å².